The molecule has 7 atom stereocenters. The predicted octanol–water partition coefficient (Wildman–Crippen LogP) is 7.06. The molecule has 0 unspecified atom stereocenters. The van der Waals surface area contributed by atoms with Crippen LogP contribution in [0.15, 0.2) is 11.6 Å². The molecule has 0 heterocycles. The zero-order valence-electron chi connectivity index (χ0n) is 21.9. The summed E-state index contributed by atoms with van der Waals surface area (Å²) in [6, 6.07) is 2.77. The third kappa shape index (κ3) is 2.73. The molecule has 4 fully saturated rings. The van der Waals surface area contributed by atoms with E-state index in [1.807, 2.05) is 0 Å². The fourth-order valence-corrected chi connectivity index (χ4v) is 10.0. The van der Waals surface area contributed by atoms with Gasteiger partial charge < -0.3 is 0 Å². The summed E-state index contributed by atoms with van der Waals surface area (Å²) in [7, 11) is 0. The van der Waals surface area contributed by atoms with Gasteiger partial charge in [-0.3, -0.25) is 9.59 Å². The van der Waals surface area contributed by atoms with Gasteiger partial charge in [-0.2, -0.15) is 5.26 Å². The summed E-state index contributed by atoms with van der Waals surface area (Å²) >= 11 is 0. The summed E-state index contributed by atoms with van der Waals surface area (Å²) in [6.07, 6.45) is 10.5. The number of Topliss-reactive ketones (excluding diaryl/α,β-unsaturated/α-hetero) is 1. The third-order valence-electron chi connectivity index (χ3n) is 12.4. The largest absolute Gasteiger partial charge is 0.299 e. The quantitative estimate of drug-likeness (QED) is 0.398. The summed E-state index contributed by atoms with van der Waals surface area (Å²) < 4.78 is 0. The summed E-state index contributed by atoms with van der Waals surface area (Å²) in [5.74, 6) is 1.07. The Morgan fingerprint density at radius 2 is 1.58 bits per heavy atom. The maximum atomic E-state index is 14.1. The van der Waals surface area contributed by atoms with E-state index in [2.05, 4.69) is 60.6 Å². The molecule has 0 amide bonds. The van der Waals surface area contributed by atoms with E-state index in [9.17, 15) is 14.9 Å². The highest BCUT2D eigenvalue weighted by Crippen LogP contribution is 2.74. The van der Waals surface area contributed by atoms with Gasteiger partial charge >= 0.3 is 0 Å². The Labute approximate surface area is 200 Å². The van der Waals surface area contributed by atoms with Crippen LogP contribution in [0.1, 0.15) is 106 Å². The van der Waals surface area contributed by atoms with Gasteiger partial charge in [-0.25, -0.2) is 0 Å². The van der Waals surface area contributed by atoms with Crippen LogP contribution in [0.3, 0.4) is 0 Å². The van der Waals surface area contributed by atoms with Gasteiger partial charge in [-0.1, -0.05) is 54.0 Å². The van der Waals surface area contributed by atoms with E-state index in [1.165, 1.54) is 5.57 Å². The lowest BCUT2D eigenvalue weighted by Gasteiger charge is -2.69. The van der Waals surface area contributed by atoms with Gasteiger partial charge in [0.2, 0.25) is 0 Å². The molecule has 0 N–H and O–H groups in total. The number of hydrogen-bond acceptors (Lipinski definition) is 3. The molecule has 5 aliphatic rings. The van der Waals surface area contributed by atoms with Crippen molar-refractivity contribution in [1.82, 2.24) is 0 Å². The molecular formula is C30H43NO2. The van der Waals surface area contributed by atoms with Gasteiger partial charge in [0.1, 0.15) is 5.78 Å². The molecule has 0 saturated heterocycles. The lowest BCUT2D eigenvalue weighted by atomic mass is 9.34. The first kappa shape index (κ1) is 23.3. The van der Waals surface area contributed by atoms with Crippen molar-refractivity contribution in [2.24, 2.45) is 50.2 Å². The van der Waals surface area contributed by atoms with Gasteiger partial charge in [-0.05, 0) is 90.9 Å². The van der Waals surface area contributed by atoms with Gasteiger partial charge in [0.15, 0.2) is 5.78 Å². The van der Waals surface area contributed by atoms with Crippen LogP contribution in [0.4, 0.5) is 0 Å². The number of allylic oxidation sites excluding steroid dienone is 2. The first-order valence-corrected chi connectivity index (χ1v) is 13.4. The Morgan fingerprint density at radius 1 is 0.909 bits per heavy atom. The molecule has 0 bridgehead atoms. The molecule has 0 aliphatic heterocycles. The lowest BCUT2D eigenvalue weighted by molar-refractivity contribution is -0.168. The number of nitrogens with zero attached hydrogens (tertiary/aromatic N) is 1. The van der Waals surface area contributed by atoms with Crippen LogP contribution >= 0.6 is 0 Å². The summed E-state index contributed by atoms with van der Waals surface area (Å²) in [5.41, 5.74) is 0.608. The fraction of sp³-hybridized carbons (Fsp3) is 0.833. The van der Waals surface area contributed by atoms with Crippen LogP contribution in [0.5, 0.6) is 0 Å². The monoisotopic (exact) mass is 449 g/mol. The van der Waals surface area contributed by atoms with E-state index in [0.29, 0.717) is 18.1 Å². The number of nitriles is 1. The number of carbonyl (C=O) groups is 2. The zero-order chi connectivity index (χ0) is 24.2. The fourth-order valence-electron chi connectivity index (χ4n) is 10.0. The summed E-state index contributed by atoms with van der Waals surface area (Å²) in [5, 5.41) is 10.4. The number of rotatable bonds is 0. The second-order valence-corrected chi connectivity index (χ2v) is 14.6. The van der Waals surface area contributed by atoms with E-state index in [1.54, 1.807) is 0 Å². The number of carbonyl (C=O) groups excluding carboxylic acids is 2. The molecule has 180 valence electrons. The average Bonchev–Trinajstić information content (AvgIpc) is 2.72. The van der Waals surface area contributed by atoms with Crippen molar-refractivity contribution >= 4 is 11.6 Å². The van der Waals surface area contributed by atoms with Crippen LogP contribution in [0.25, 0.3) is 0 Å². The molecular weight excluding hydrogens is 406 g/mol. The Kier molecular flexibility index (Phi) is 4.67. The minimum atomic E-state index is -0.336. The van der Waals surface area contributed by atoms with Crippen LogP contribution in [0.2, 0.25) is 0 Å². The SMILES string of the molecule is CC1(C)CC[C@]2(C#N)CC[C@]3(C)[C@H](C(=O)C=C4[C@@]5(C)CCC(=O)C(C)(C)[C@@H]5CC[C@]43C)[C@@H]2C1. The standard InChI is InChI=1S/C30H43NO2/c1-25(2)12-14-30(18-31)15-13-29(7)24(19(30)17-25)20(32)16-22-27(5)10-9-23(33)26(3,4)21(27)8-11-28(22,29)6/h16,19,21,24H,8-15,17H2,1-7H3/t19-,21-,24-,27-,28+,29+,30+/m0/s1. The Hall–Kier alpha value is -1.43. The van der Waals surface area contributed by atoms with Gasteiger partial charge in [0.25, 0.3) is 0 Å². The van der Waals surface area contributed by atoms with Crippen LogP contribution in [-0.4, -0.2) is 11.6 Å². The minimum absolute atomic E-state index is 0.0451. The Bertz CT molecular complexity index is 997. The van der Waals surface area contributed by atoms with E-state index in [4.69, 9.17) is 0 Å². The zero-order valence-corrected chi connectivity index (χ0v) is 21.9. The van der Waals surface area contributed by atoms with Crippen molar-refractivity contribution in [3.63, 3.8) is 0 Å². The average molecular weight is 450 g/mol. The molecule has 0 aromatic carbocycles. The molecule has 4 saturated carbocycles. The molecule has 0 radical (unpaired) electrons. The summed E-state index contributed by atoms with van der Waals surface area (Å²) in [4.78, 5) is 27.0. The van der Waals surface area contributed by atoms with Crippen molar-refractivity contribution in [2.75, 3.05) is 0 Å². The summed E-state index contributed by atoms with van der Waals surface area (Å²) in [6.45, 7) is 16.1. The molecule has 5 rings (SSSR count). The molecule has 5 aliphatic carbocycles. The number of ketones is 2. The number of fused-ring (bicyclic) bond motifs is 7. The minimum Gasteiger partial charge on any atom is -0.299 e. The second-order valence-electron chi connectivity index (χ2n) is 14.6. The highest BCUT2D eigenvalue weighted by molar-refractivity contribution is 5.96. The normalized spacial score (nSPS) is 50.1. The highest BCUT2D eigenvalue weighted by atomic mass is 16.1. The van der Waals surface area contributed by atoms with E-state index in [0.717, 1.165) is 51.4 Å². The maximum absolute atomic E-state index is 14.1. The van der Waals surface area contributed by atoms with Crippen molar-refractivity contribution < 1.29 is 9.59 Å². The molecule has 0 aromatic rings. The van der Waals surface area contributed by atoms with Crippen molar-refractivity contribution in [3.05, 3.63) is 11.6 Å². The topological polar surface area (TPSA) is 57.9 Å². The van der Waals surface area contributed by atoms with Crippen LogP contribution in [0, 0.1) is 61.6 Å². The molecule has 33 heavy (non-hydrogen) atoms. The first-order chi connectivity index (χ1) is 15.2. The van der Waals surface area contributed by atoms with E-state index >= 15 is 0 Å². The third-order valence-corrected chi connectivity index (χ3v) is 12.4. The Morgan fingerprint density at radius 3 is 2.24 bits per heavy atom. The Balaban J connectivity index is 1.65. The maximum Gasteiger partial charge on any atom is 0.159 e. The van der Waals surface area contributed by atoms with E-state index in [-0.39, 0.29) is 50.1 Å². The molecule has 3 nitrogen and oxygen atoms in total. The lowest BCUT2D eigenvalue weighted by Crippen LogP contribution is -2.65. The molecule has 0 spiro atoms. The van der Waals surface area contributed by atoms with Crippen molar-refractivity contribution in [2.45, 2.75) is 106 Å². The van der Waals surface area contributed by atoms with Gasteiger partial charge in [0, 0.05) is 17.8 Å². The highest BCUT2D eigenvalue weighted by Gasteiger charge is 2.69. The van der Waals surface area contributed by atoms with Crippen molar-refractivity contribution in [1.29, 1.82) is 5.26 Å². The molecule has 3 heteroatoms. The van der Waals surface area contributed by atoms with Crippen molar-refractivity contribution in [3.8, 4) is 6.07 Å². The molecule has 0 aromatic heterocycles. The van der Waals surface area contributed by atoms with Gasteiger partial charge in [-0.15, -0.1) is 0 Å². The van der Waals surface area contributed by atoms with Crippen LogP contribution in [-0.2, 0) is 9.59 Å². The van der Waals surface area contributed by atoms with Gasteiger partial charge in [0.05, 0.1) is 11.5 Å². The first-order valence-electron chi connectivity index (χ1n) is 13.4. The second kappa shape index (κ2) is 6.61. The smallest absolute Gasteiger partial charge is 0.159 e. The number of hydrogen-bond donors (Lipinski definition) is 0. The van der Waals surface area contributed by atoms with Crippen LogP contribution < -0.4 is 0 Å². The predicted molar refractivity (Wildman–Crippen MR) is 130 cm³/mol. The van der Waals surface area contributed by atoms with E-state index < -0.39 is 0 Å².